The van der Waals surface area contributed by atoms with Crippen LogP contribution in [-0.2, 0) is 13.1 Å². The van der Waals surface area contributed by atoms with Crippen molar-refractivity contribution in [1.82, 2.24) is 19.9 Å². The number of anilines is 2. The molecule has 0 unspecified atom stereocenters. The molecular formula is C21H24N6. The van der Waals surface area contributed by atoms with E-state index in [1.165, 1.54) is 5.56 Å². The number of nitrogens with one attached hydrogen (secondary N) is 1. The molecule has 3 aromatic rings. The molecule has 0 amide bonds. The average molecular weight is 360 g/mol. The number of hydrogen-bond donors (Lipinski definition) is 1. The zero-order chi connectivity index (χ0) is 18.3. The molecule has 4 rings (SSSR count). The van der Waals surface area contributed by atoms with Crippen LogP contribution in [0.2, 0.25) is 0 Å². The summed E-state index contributed by atoms with van der Waals surface area (Å²) in [5.41, 5.74) is 2.48. The van der Waals surface area contributed by atoms with Crippen LogP contribution in [0.1, 0.15) is 11.1 Å². The van der Waals surface area contributed by atoms with E-state index >= 15 is 0 Å². The Morgan fingerprint density at radius 1 is 0.852 bits per heavy atom. The quantitative estimate of drug-likeness (QED) is 0.729. The van der Waals surface area contributed by atoms with Gasteiger partial charge < -0.3 is 10.2 Å². The molecule has 138 valence electrons. The van der Waals surface area contributed by atoms with Crippen LogP contribution in [0.5, 0.6) is 0 Å². The SMILES string of the molecule is c1ccc(CN2CCN(c3ccnc(NCc4cccnc4)n3)CC2)cc1. The van der Waals surface area contributed by atoms with Crippen LogP contribution in [0, 0.1) is 0 Å². The second kappa shape index (κ2) is 8.60. The van der Waals surface area contributed by atoms with Gasteiger partial charge in [-0.15, -0.1) is 0 Å². The zero-order valence-electron chi connectivity index (χ0n) is 15.3. The van der Waals surface area contributed by atoms with E-state index in [-0.39, 0.29) is 0 Å². The third kappa shape index (κ3) is 4.80. The number of hydrogen-bond acceptors (Lipinski definition) is 6. The Hall–Kier alpha value is -2.99. The van der Waals surface area contributed by atoms with Crippen molar-refractivity contribution in [2.75, 3.05) is 36.4 Å². The van der Waals surface area contributed by atoms with Gasteiger partial charge in [-0.3, -0.25) is 9.88 Å². The van der Waals surface area contributed by atoms with Crippen molar-refractivity contribution in [3.63, 3.8) is 0 Å². The fraction of sp³-hybridized carbons (Fsp3) is 0.286. The van der Waals surface area contributed by atoms with Gasteiger partial charge in [-0.2, -0.15) is 4.98 Å². The Morgan fingerprint density at radius 2 is 1.67 bits per heavy atom. The van der Waals surface area contributed by atoms with Crippen LogP contribution in [0.15, 0.2) is 67.1 Å². The highest BCUT2D eigenvalue weighted by Gasteiger charge is 2.18. The summed E-state index contributed by atoms with van der Waals surface area (Å²) >= 11 is 0. The highest BCUT2D eigenvalue weighted by Crippen LogP contribution is 2.16. The Labute approximate surface area is 159 Å². The zero-order valence-corrected chi connectivity index (χ0v) is 15.3. The van der Waals surface area contributed by atoms with Crippen molar-refractivity contribution >= 4 is 11.8 Å². The maximum atomic E-state index is 4.69. The Balaban J connectivity index is 1.32. The van der Waals surface area contributed by atoms with Crippen molar-refractivity contribution < 1.29 is 0 Å². The lowest BCUT2D eigenvalue weighted by molar-refractivity contribution is 0.249. The third-order valence-electron chi connectivity index (χ3n) is 4.76. The monoisotopic (exact) mass is 360 g/mol. The van der Waals surface area contributed by atoms with E-state index < -0.39 is 0 Å². The van der Waals surface area contributed by atoms with Gasteiger partial charge in [-0.25, -0.2) is 4.98 Å². The molecule has 0 bridgehead atoms. The summed E-state index contributed by atoms with van der Waals surface area (Å²) in [6.45, 7) is 5.71. The standard InChI is InChI=1S/C21H24N6/c1-2-5-18(6-3-1)17-26-11-13-27(14-12-26)20-8-10-23-21(25-20)24-16-19-7-4-9-22-15-19/h1-10,15H,11-14,16-17H2,(H,23,24,25). The molecule has 0 aliphatic carbocycles. The normalized spacial score (nSPS) is 14.9. The smallest absolute Gasteiger partial charge is 0.224 e. The van der Waals surface area contributed by atoms with Gasteiger partial charge in [0.15, 0.2) is 0 Å². The van der Waals surface area contributed by atoms with Crippen LogP contribution >= 0.6 is 0 Å². The summed E-state index contributed by atoms with van der Waals surface area (Å²) in [6.07, 6.45) is 5.45. The van der Waals surface area contributed by atoms with E-state index in [4.69, 9.17) is 0 Å². The fourth-order valence-electron chi connectivity index (χ4n) is 3.27. The van der Waals surface area contributed by atoms with E-state index in [2.05, 4.69) is 60.4 Å². The molecule has 0 radical (unpaired) electrons. The van der Waals surface area contributed by atoms with Crippen LogP contribution < -0.4 is 10.2 Å². The minimum absolute atomic E-state index is 0.656. The lowest BCUT2D eigenvalue weighted by atomic mass is 10.2. The van der Waals surface area contributed by atoms with Crippen molar-refractivity contribution in [1.29, 1.82) is 0 Å². The molecule has 1 aromatic carbocycles. The van der Waals surface area contributed by atoms with Gasteiger partial charge in [-0.05, 0) is 23.3 Å². The largest absolute Gasteiger partial charge is 0.354 e. The van der Waals surface area contributed by atoms with E-state index in [1.807, 2.05) is 30.6 Å². The van der Waals surface area contributed by atoms with E-state index in [0.717, 1.165) is 44.1 Å². The fourth-order valence-corrected chi connectivity index (χ4v) is 3.27. The lowest BCUT2D eigenvalue weighted by Crippen LogP contribution is -2.46. The number of benzene rings is 1. The Morgan fingerprint density at radius 3 is 2.44 bits per heavy atom. The molecule has 1 saturated heterocycles. The second-order valence-corrected chi connectivity index (χ2v) is 6.70. The molecule has 1 aliphatic heterocycles. The van der Waals surface area contributed by atoms with Crippen molar-refractivity contribution in [2.24, 2.45) is 0 Å². The summed E-state index contributed by atoms with van der Waals surface area (Å²) in [4.78, 5) is 18.0. The second-order valence-electron chi connectivity index (χ2n) is 6.70. The number of pyridine rings is 1. The summed E-state index contributed by atoms with van der Waals surface area (Å²) in [6, 6.07) is 16.6. The number of rotatable bonds is 6. The van der Waals surface area contributed by atoms with Crippen molar-refractivity contribution in [2.45, 2.75) is 13.1 Å². The molecule has 0 atom stereocenters. The van der Waals surface area contributed by atoms with Crippen LogP contribution in [0.4, 0.5) is 11.8 Å². The lowest BCUT2D eigenvalue weighted by Gasteiger charge is -2.35. The molecular weight excluding hydrogens is 336 g/mol. The molecule has 0 saturated carbocycles. The van der Waals surface area contributed by atoms with Crippen molar-refractivity contribution in [3.05, 3.63) is 78.2 Å². The molecule has 1 aliphatic rings. The van der Waals surface area contributed by atoms with Crippen molar-refractivity contribution in [3.8, 4) is 0 Å². The highest BCUT2D eigenvalue weighted by molar-refractivity contribution is 5.43. The predicted octanol–water partition coefficient (Wildman–Crippen LogP) is 2.81. The average Bonchev–Trinajstić information content (AvgIpc) is 2.75. The first-order chi connectivity index (χ1) is 13.4. The molecule has 0 spiro atoms. The predicted molar refractivity (Wildman–Crippen MR) is 108 cm³/mol. The summed E-state index contributed by atoms with van der Waals surface area (Å²) < 4.78 is 0. The summed E-state index contributed by atoms with van der Waals surface area (Å²) in [5.74, 6) is 1.64. The van der Waals surface area contributed by atoms with Gasteiger partial charge in [0, 0.05) is 57.9 Å². The molecule has 3 heterocycles. The molecule has 27 heavy (non-hydrogen) atoms. The molecule has 1 N–H and O–H groups in total. The number of piperazine rings is 1. The van der Waals surface area contributed by atoms with Gasteiger partial charge in [0.1, 0.15) is 5.82 Å². The molecule has 2 aromatic heterocycles. The Kier molecular flexibility index (Phi) is 5.55. The summed E-state index contributed by atoms with van der Waals surface area (Å²) in [7, 11) is 0. The van der Waals surface area contributed by atoms with Crippen LogP contribution in [0.3, 0.4) is 0 Å². The van der Waals surface area contributed by atoms with Crippen LogP contribution in [-0.4, -0.2) is 46.0 Å². The maximum Gasteiger partial charge on any atom is 0.224 e. The van der Waals surface area contributed by atoms with Gasteiger partial charge in [0.2, 0.25) is 5.95 Å². The van der Waals surface area contributed by atoms with Gasteiger partial charge in [-0.1, -0.05) is 36.4 Å². The van der Waals surface area contributed by atoms with Crippen LogP contribution in [0.25, 0.3) is 0 Å². The maximum absolute atomic E-state index is 4.69. The van der Waals surface area contributed by atoms with Gasteiger partial charge in [0.25, 0.3) is 0 Å². The first kappa shape index (κ1) is 17.4. The van der Waals surface area contributed by atoms with Gasteiger partial charge in [0.05, 0.1) is 0 Å². The minimum atomic E-state index is 0.656. The third-order valence-corrected chi connectivity index (χ3v) is 4.76. The van der Waals surface area contributed by atoms with E-state index in [9.17, 15) is 0 Å². The Bertz CT molecular complexity index is 832. The molecule has 6 heteroatoms. The summed E-state index contributed by atoms with van der Waals surface area (Å²) in [5, 5.41) is 3.28. The first-order valence-electron chi connectivity index (χ1n) is 9.34. The minimum Gasteiger partial charge on any atom is -0.354 e. The van der Waals surface area contributed by atoms with E-state index in [1.54, 1.807) is 6.20 Å². The van der Waals surface area contributed by atoms with Gasteiger partial charge >= 0.3 is 0 Å². The number of aromatic nitrogens is 3. The topological polar surface area (TPSA) is 57.2 Å². The highest BCUT2D eigenvalue weighted by atomic mass is 15.3. The molecule has 1 fully saturated rings. The van der Waals surface area contributed by atoms with E-state index in [0.29, 0.717) is 12.5 Å². The first-order valence-corrected chi connectivity index (χ1v) is 9.34. The molecule has 6 nitrogen and oxygen atoms in total. The number of nitrogens with zero attached hydrogens (tertiary/aromatic N) is 5.